The fourth-order valence-corrected chi connectivity index (χ4v) is 2.13. The van der Waals surface area contributed by atoms with Gasteiger partial charge in [-0.25, -0.2) is 0 Å². The third kappa shape index (κ3) is 3.45. The Morgan fingerprint density at radius 1 is 1.27 bits per heavy atom. The molecule has 0 saturated carbocycles. The highest BCUT2D eigenvalue weighted by atomic mass is 127. The molecule has 2 heteroatoms. The summed E-state index contributed by atoms with van der Waals surface area (Å²) in [6, 6.07) is 6.58. The molecule has 1 rings (SSSR count). The fraction of sp³-hybridized carbons (Fsp3) is 0.538. The molecule has 1 unspecified atom stereocenters. The van der Waals surface area contributed by atoms with Gasteiger partial charge in [0.1, 0.15) is 0 Å². The third-order valence-corrected chi connectivity index (χ3v) is 3.25. The molecule has 0 heterocycles. The molecule has 1 nitrogen and oxygen atoms in total. The number of hydrogen-bond donors (Lipinski definition) is 1. The Hall–Kier alpha value is -0.0900. The van der Waals surface area contributed by atoms with Gasteiger partial charge in [0.25, 0.3) is 0 Å². The molecule has 0 aliphatic heterocycles. The molecule has 0 spiro atoms. The zero-order valence-electron chi connectivity index (χ0n) is 9.84. The van der Waals surface area contributed by atoms with E-state index in [2.05, 4.69) is 68.5 Å². The maximum absolute atomic E-state index is 9.17. The van der Waals surface area contributed by atoms with Crippen molar-refractivity contribution in [2.75, 3.05) is 6.61 Å². The van der Waals surface area contributed by atoms with E-state index in [-0.39, 0.29) is 17.9 Å². The lowest BCUT2D eigenvalue weighted by atomic mass is 9.85. The second-order valence-corrected chi connectivity index (χ2v) is 6.35. The van der Waals surface area contributed by atoms with Crippen molar-refractivity contribution in [1.82, 2.24) is 0 Å². The molecule has 0 saturated heterocycles. The Morgan fingerprint density at radius 2 is 1.87 bits per heavy atom. The van der Waals surface area contributed by atoms with E-state index in [0.29, 0.717) is 0 Å². The van der Waals surface area contributed by atoms with Crippen LogP contribution in [0.1, 0.15) is 44.7 Å². The van der Waals surface area contributed by atoms with Gasteiger partial charge in [-0.15, -0.1) is 0 Å². The first kappa shape index (κ1) is 13.0. The van der Waals surface area contributed by atoms with Crippen LogP contribution in [-0.2, 0) is 5.41 Å². The molecule has 0 bridgehead atoms. The van der Waals surface area contributed by atoms with Crippen LogP contribution in [0.15, 0.2) is 18.2 Å². The van der Waals surface area contributed by atoms with E-state index in [1.165, 1.54) is 14.7 Å². The smallest absolute Gasteiger partial charge is 0.0497 e. The number of aliphatic hydroxyl groups is 1. The van der Waals surface area contributed by atoms with Crippen molar-refractivity contribution in [1.29, 1.82) is 0 Å². The summed E-state index contributed by atoms with van der Waals surface area (Å²) in [7, 11) is 0. The summed E-state index contributed by atoms with van der Waals surface area (Å²) in [4.78, 5) is 0. The first-order valence-electron chi connectivity index (χ1n) is 5.26. The van der Waals surface area contributed by atoms with Crippen LogP contribution in [0, 0.1) is 3.57 Å². The van der Waals surface area contributed by atoms with Crippen molar-refractivity contribution in [3.63, 3.8) is 0 Å². The average molecular weight is 318 g/mol. The second-order valence-electron chi connectivity index (χ2n) is 5.11. The Kier molecular flexibility index (Phi) is 4.18. The van der Waals surface area contributed by atoms with Gasteiger partial charge in [0, 0.05) is 16.1 Å². The van der Waals surface area contributed by atoms with Crippen molar-refractivity contribution < 1.29 is 5.11 Å². The van der Waals surface area contributed by atoms with Gasteiger partial charge >= 0.3 is 0 Å². The highest BCUT2D eigenvalue weighted by molar-refractivity contribution is 14.1. The minimum absolute atomic E-state index is 0.172. The van der Waals surface area contributed by atoms with Gasteiger partial charge in [-0.05, 0) is 51.3 Å². The van der Waals surface area contributed by atoms with Crippen LogP contribution in [0.3, 0.4) is 0 Å². The van der Waals surface area contributed by atoms with E-state index in [9.17, 15) is 5.11 Å². The molecule has 1 N–H and O–H groups in total. The zero-order chi connectivity index (χ0) is 11.6. The van der Waals surface area contributed by atoms with Gasteiger partial charge in [-0.3, -0.25) is 0 Å². The zero-order valence-corrected chi connectivity index (χ0v) is 12.0. The number of aliphatic hydroxyl groups excluding tert-OH is 1. The van der Waals surface area contributed by atoms with Crippen LogP contribution in [0.25, 0.3) is 0 Å². The molecule has 0 radical (unpaired) electrons. The molecule has 0 fully saturated rings. The molecular weight excluding hydrogens is 299 g/mol. The number of hydrogen-bond acceptors (Lipinski definition) is 1. The maximum Gasteiger partial charge on any atom is 0.0497 e. The lowest BCUT2D eigenvalue weighted by molar-refractivity contribution is 0.273. The lowest BCUT2D eigenvalue weighted by Crippen LogP contribution is -2.12. The Bertz CT molecular complexity index is 339. The second kappa shape index (κ2) is 4.83. The van der Waals surface area contributed by atoms with Crippen LogP contribution >= 0.6 is 22.6 Å². The molecule has 0 aromatic heterocycles. The first-order chi connectivity index (χ1) is 6.84. The normalized spacial score (nSPS) is 14.0. The van der Waals surface area contributed by atoms with E-state index >= 15 is 0 Å². The summed E-state index contributed by atoms with van der Waals surface area (Å²) in [6.45, 7) is 8.91. The van der Waals surface area contributed by atoms with E-state index < -0.39 is 0 Å². The van der Waals surface area contributed by atoms with Gasteiger partial charge < -0.3 is 5.11 Å². The van der Waals surface area contributed by atoms with Gasteiger partial charge in [0.2, 0.25) is 0 Å². The Morgan fingerprint density at radius 3 is 2.33 bits per heavy atom. The summed E-state index contributed by atoms with van der Waals surface area (Å²) >= 11 is 2.34. The van der Waals surface area contributed by atoms with Crippen molar-refractivity contribution >= 4 is 22.6 Å². The molecule has 1 atom stereocenters. The molecule has 1 aromatic carbocycles. The molecule has 0 aliphatic carbocycles. The van der Waals surface area contributed by atoms with Crippen LogP contribution in [0.2, 0.25) is 0 Å². The number of rotatable bonds is 2. The third-order valence-electron chi connectivity index (χ3n) is 2.63. The van der Waals surface area contributed by atoms with Crippen molar-refractivity contribution in [2.24, 2.45) is 0 Å². The maximum atomic E-state index is 9.17. The predicted octanol–water partition coefficient (Wildman–Crippen LogP) is 3.68. The monoisotopic (exact) mass is 318 g/mol. The Balaban J connectivity index is 3.17. The van der Waals surface area contributed by atoms with E-state index in [1.54, 1.807) is 0 Å². The van der Waals surface area contributed by atoms with Crippen LogP contribution in [0.5, 0.6) is 0 Å². The van der Waals surface area contributed by atoms with Gasteiger partial charge in [-0.2, -0.15) is 0 Å². The van der Waals surface area contributed by atoms with Crippen molar-refractivity contribution in [3.05, 3.63) is 32.9 Å². The van der Waals surface area contributed by atoms with E-state index in [1.807, 2.05) is 0 Å². The van der Waals surface area contributed by atoms with Crippen LogP contribution in [-0.4, -0.2) is 11.7 Å². The van der Waals surface area contributed by atoms with Crippen molar-refractivity contribution in [2.45, 2.75) is 39.0 Å². The summed E-state index contributed by atoms with van der Waals surface area (Å²) in [5, 5.41) is 9.17. The van der Waals surface area contributed by atoms with Crippen LogP contribution < -0.4 is 0 Å². The molecular formula is C13H19IO. The predicted molar refractivity (Wildman–Crippen MR) is 73.4 cm³/mol. The Labute approximate surface area is 106 Å². The largest absolute Gasteiger partial charge is 0.396 e. The lowest BCUT2D eigenvalue weighted by Gasteiger charge is -2.21. The van der Waals surface area contributed by atoms with Gasteiger partial charge in [-0.1, -0.05) is 33.8 Å². The molecule has 1 aromatic rings. The summed E-state index contributed by atoms with van der Waals surface area (Å²) < 4.78 is 1.25. The standard InChI is InChI=1S/C13H19IO/c1-9(8-15)10-5-11(13(2,3)4)7-12(14)6-10/h5-7,9,15H,8H2,1-4H3. The summed E-state index contributed by atoms with van der Waals surface area (Å²) in [5.74, 6) is 0.223. The molecule has 0 amide bonds. The highest BCUT2D eigenvalue weighted by Gasteiger charge is 2.16. The fourth-order valence-electron chi connectivity index (χ4n) is 1.44. The number of halogens is 1. The average Bonchev–Trinajstić information content (AvgIpc) is 2.14. The van der Waals surface area contributed by atoms with Crippen LogP contribution in [0.4, 0.5) is 0 Å². The summed E-state index contributed by atoms with van der Waals surface area (Å²) in [6.07, 6.45) is 0. The minimum atomic E-state index is 0.172. The van der Waals surface area contributed by atoms with Gasteiger partial charge in [0.15, 0.2) is 0 Å². The highest BCUT2D eigenvalue weighted by Crippen LogP contribution is 2.27. The number of benzene rings is 1. The summed E-state index contributed by atoms with van der Waals surface area (Å²) in [5.41, 5.74) is 2.74. The molecule has 84 valence electrons. The SMILES string of the molecule is CC(CO)c1cc(I)cc(C(C)(C)C)c1. The van der Waals surface area contributed by atoms with E-state index in [0.717, 1.165) is 0 Å². The van der Waals surface area contributed by atoms with Gasteiger partial charge in [0.05, 0.1) is 0 Å². The minimum Gasteiger partial charge on any atom is -0.396 e. The topological polar surface area (TPSA) is 20.2 Å². The molecule has 15 heavy (non-hydrogen) atoms. The quantitative estimate of drug-likeness (QED) is 0.825. The molecule has 0 aliphatic rings. The van der Waals surface area contributed by atoms with Crippen molar-refractivity contribution in [3.8, 4) is 0 Å². The first-order valence-corrected chi connectivity index (χ1v) is 6.34. The van der Waals surface area contributed by atoms with E-state index in [4.69, 9.17) is 0 Å².